The second-order valence-corrected chi connectivity index (χ2v) is 5.00. The lowest BCUT2D eigenvalue weighted by molar-refractivity contribution is -0.967. The van der Waals surface area contributed by atoms with Gasteiger partial charge in [-0.1, -0.05) is 0 Å². The molecule has 3 fully saturated rings. The topological polar surface area (TPSA) is 38.3 Å². The summed E-state index contributed by atoms with van der Waals surface area (Å²) in [6.07, 6.45) is 3.48. The van der Waals surface area contributed by atoms with Gasteiger partial charge in [-0.05, 0) is 12.8 Å². The van der Waals surface area contributed by atoms with Gasteiger partial charge in [-0.15, -0.1) is 0 Å². The first-order valence-corrected chi connectivity index (χ1v) is 5.93. The summed E-state index contributed by atoms with van der Waals surface area (Å²) in [7, 11) is 2.21. The molecule has 0 spiro atoms. The first-order chi connectivity index (χ1) is 7.14. The molecule has 3 saturated heterocycles. The van der Waals surface area contributed by atoms with Crippen molar-refractivity contribution in [2.45, 2.75) is 32.4 Å². The Hall–Kier alpha value is -0.0400. The van der Waals surface area contributed by atoms with Crippen molar-refractivity contribution < 1.29 is 38.0 Å². The second-order valence-electron chi connectivity index (χ2n) is 5.00. The Labute approximate surface area is 114 Å². The van der Waals surface area contributed by atoms with Crippen LogP contribution in [-0.2, 0) is 4.74 Å². The monoisotopic (exact) mass is 340 g/mol. The normalized spacial score (nSPS) is 36.4. The third-order valence-electron chi connectivity index (χ3n) is 3.89. The molecule has 94 valence electrons. The summed E-state index contributed by atoms with van der Waals surface area (Å²) < 4.78 is 6.42. The summed E-state index contributed by atoms with van der Waals surface area (Å²) in [6, 6.07) is 0. The number of rotatable bonds is 2. The van der Waals surface area contributed by atoms with Gasteiger partial charge < -0.3 is 34.0 Å². The number of piperidine rings is 3. The average Bonchev–Trinajstić information content (AvgIpc) is 2.20. The average molecular weight is 340 g/mol. The standard InChI is InChI=1S/C11H20N2O2.HI/c1-3-12-11(14)15-10-8-9-4-6-13(10,2)7-5-9;/h9-10H,3-8H2,1-2H3;1H. The lowest BCUT2D eigenvalue weighted by Crippen LogP contribution is -3.00. The Morgan fingerprint density at radius 1 is 1.44 bits per heavy atom. The van der Waals surface area contributed by atoms with Gasteiger partial charge in [0.05, 0.1) is 20.1 Å². The van der Waals surface area contributed by atoms with Gasteiger partial charge >= 0.3 is 6.09 Å². The van der Waals surface area contributed by atoms with Gasteiger partial charge in [0.1, 0.15) is 0 Å². The van der Waals surface area contributed by atoms with E-state index in [1.54, 1.807) is 0 Å². The molecule has 1 unspecified atom stereocenters. The van der Waals surface area contributed by atoms with E-state index in [0.29, 0.717) is 6.54 Å². The van der Waals surface area contributed by atoms with Gasteiger partial charge in [0.15, 0.2) is 0 Å². The van der Waals surface area contributed by atoms with Gasteiger partial charge in [0.2, 0.25) is 6.23 Å². The van der Waals surface area contributed by atoms with Crippen molar-refractivity contribution >= 4 is 6.09 Å². The fraction of sp³-hybridized carbons (Fsp3) is 0.909. The van der Waals surface area contributed by atoms with Crippen molar-refractivity contribution in [3.8, 4) is 0 Å². The number of nitrogens with zero attached hydrogens (tertiary/aromatic N) is 1. The number of hydrogen-bond acceptors (Lipinski definition) is 2. The number of fused-ring (bicyclic) bond motifs is 3. The summed E-state index contributed by atoms with van der Waals surface area (Å²) in [5.74, 6) is 0.782. The molecule has 3 aliphatic heterocycles. The van der Waals surface area contributed by atoms with Crippen LogP contribution in [0, 0.1) is 5.92 Å². The highest BCUT2D eigenvalue weighted by Crippen LogP contribution is 2.37. The maximum absolute atomic E-state index is 11.4. The molecule has 16 heavy (non-hydrogen) atoms. The van der Waals surface area contributed by atoms with Crippen LogP contribution in [0.5, 0.6) is 0 Å². The zero-order chi connectivity index (χ0) is 10.9. The van der Waals surface area contributed by atoms with Crippen LogP contribution in [0.3, 0.4) is 0 Å². The maximum Gasteiger partial charge on any atom is 0.411 e. The predicted octanol–water partition coefficient (Wildman–Crippen LogP) is -1.68. The molecule has 0 aromatic carbocycles. The first-order valence-electron chi connectivity index (χ1n) is 5.93. The van der Waals surface area contributed by atoms with E-state index in [-0.39, 0.29) is 36.3 Å². The number of quaternary nitrogens is 1. The zero-order valence-electron chi connectivity index (χ0n) is 10.0. The zero-order valence-corrected chi connectivity index (χ0v) is 12.2. The third kappa shape index (κ3) is 2.80. The van der Waals surface area contributed by atoms with Crippen LogP contribution in [0.4, 0.5) is 4.79 Å². The molecule has 3 heterocycles. The number of nitrogens with one attached hydrogen (secondary N) is 1. The molecule has 3 rings (SSSR count). The van der Waals surface area contributed by atoms with Crippen molar-refractivity contribution in [3.63, 3.8) is 0 Å². The first kappa shape index (κ1) is 14.0. The molecule has 5 heteroatoms. The van der Waals surface area contributed by atoms with E-state index < -0.39 is 0 Å². The van der Waals surface area contributed by atoms with E-state index in [4.69, 9.17) is 4.74 Å². The molecule has 0 saturated carbocycles. The number of carbonyl (C=O) groups is 1. The van der Waals surface area contributed by atoms with Gasteiger partial charge in [0.25, 0.3) is 0 Å². The Kier molecular flexibility index (Phi) is 4.85. The Morgan fingerprint density at radius 2 is 2.06 bits per heavy atom. The van der Waals surface area contributed by atoms with Crippen LogP contribution in [0.15, 0.2) is 0 Å². The van der Waals surface area contributed by atoms with Crippen molar-refractivity contribution in [3.05, 3.63) is 0 Å². The van der Waals surface area contributed by atoms with Crippen LogP contribution >= 0.6 is 0 Å². The van der Waals surface area contributed by atoms with E-state index in [1.165, 1.54) is 12.8 Å². The summed E-state index contributed by atoms with van der Waals surface area (Å²) in [5, 5.41) is 2.70. The van der Waals surface area contributed by atoms with Gasteiger partial charge in [-0.25, -0.2) is 4.79 Å². The molecule has 4 nitrogen and oxygen atoms in total. The highest BCUT2D eigenvalue weighted by atomic mass is 127. The number of amides is 1. The molecule has 0 aliphatic carbocycles. The predicted molar refractivity (Wildman–Crippen MR) is 57.2 cm³/mol. The van der Waals surface area contributed by atoms with Gasteiger partial charge in [-0.3, -0.25) is 4.48 Å². The quantitative estimate of drug-likeness (QED) is 0.482. The number of ether oxygens (including phenoxy) is 1. The minimum Gasteiger partial charge on any atom is -1.00 e. The number of hydrogen-bond donors (Lipinski definition) is 1. The molecule has 1 N–H and O–H groups in total. The van der Waals surface area contributed by atoms with Crippen LogP contribution in [0.2, 0.25) is 0 Å². The molecule has 0 radical (unpaired) electrons. The third-order valence-corrected chi connectivity index (χ3v) is 3.89. The molecule has 3 aliphatic rings. The molecule has 0 aromatic rings. The van der Waals surface area contributed by atoms with E-state index in [9.17, 15) is 4.79 Å². The molecule has 1 amide bonds. The van der Waals surface area contributed by atoms with Crippen molar-refractivity contribution in [2.24, 2.45) is 5.92 Å². The number of carbonyl (C=O) groups excluding carboxylic acids is 1. The fourth-order valence-electron chi connectivity index (χ4n) is 2.76. The minimum atomic E-state index is -0.255. The van der Waals surface area contributed by atoms with Crippen molar-refractivity contribution in [1.29, 1.82) is 0 Å². The lowest BCUT2D eigenvalue weighted by Gasteiger charge is -2.50. The largest absolute Gasteiger partial charge is 1.00 e. The van der Waals surface area contributed by atoms with Crippen molar-refractivity contribution in [2.75, 3.05) is 26.7 Å². The molecular weight excluding hydrogens is 319 g/mol. The van der Waals surface area contributed by atoms with E-state index in [1.807, 2.05) is 6.92 Å². The fourth-order valence-corrected chi connectivity index (χ4v) is 2.76. The molecule has 2 bridgehead atoms. The van der Waals surface area contributed by atoms with Gasteiger partial charge in [0, 0.05) is 25.8 Å². The van der Waals surface area contributed by atoms with Crippen LogP contribution in [0.25, 0.3) is 0 Å². The summed E-state index contributed by atoms with van der Waals surface area (Å²) in [6.45, 7) is 4.87. The molecule has 0 aromatic heterocycles. The summed E-state index contributed by atoms with van der Waals surface area (Å²) >= 11 is 0. The SMILES string of the molecule is CCNC(=O)OC1CC2CC[N+]1(C)CC2.[I-]. The van der Waals surface area contributed by atoms with E-state index >= 15 is 0 Å². The van der Waals surface area contributed by atoms with Crippen LogP contribution < -0.4 is 29.3 Å². The lowest BCUT2D eigenvalue weighted by atomic mass is 9.85. The highest BCUT2D eigenvalue weighted by Gasteiger charge is 2.46. The molecular formula is C11H21IN2O2. The maximum atomic E-state index is 11.4. The Morgan fingerprint density at radius 3 is 2.56 bits per heavy atom. The van der Waals surface area contributed by atoms with Gasteiger partial charge in [-0.2, -0.15) is 0 Å². The van der Waals surface area contributed by atoms with Crippen molar-refractivity contribution in [1.82, 2.24) is 5.32 Å². The Bertz CT molecular complexity index is 252. The number of alkyl carbamates (subject to hydrolysis) is 1. The van der Waals surface area contributed by atoms with Crippen LogP contribution in [-0.4, -0.2) is 43.5 Å². The molecule has 1 atom stereocenters. The van der Waals surface area contributed by atoms with Crippen LogP contribution in [0.1, 0.15) is 26.2 Å². The second kappa shape index (κ2) is 5.53. The van der Waals surface area contributed by atoms with E-state index in [0.717, 1.165) is 29.9 Å². The summed E-state index contributed by atoms with van der Waals surface area (Å²) in [4.78, 5) is 11.4. The summed E-state index contributed by atoms with van der Waals surface area (Å²) in [5.41, 5.74) is 0. The Balaban J connectivity index is 0.00000128. The number of halogens is 1. The highest BCUT2D eigenvalue weighted by molar-refractivity contribution is 5.67. The minimum absolute atomic E-state index is 0. The van der Waals surface area contributed by atoms with E-state index in [2.05, 4.69) is 12.4 Å². The smallest absolute Gasteiger partial charge is 0.411 e.